The Labute approximate surface area is 158 Å². The van der Waals surface area contributed by atoms with Gasteiger partial charge in [0.05, 0.1) is 18.2 Å². The summed E-state index contributed by atoms with van der Waals surface area (Å²) >= 11 is 0. The number of nitrogens with zero attached hydrogens (tertiary/aromatic N) is 5. The lowest BCUT2D eigenvalue weighted by Gasteiger charge is -2.17. The number of hydrogen-bond donors (Lipinski definition) is 1. The average Bonchev–Trinajstić information content (AvgIpc) is 3.15. The van der Waals surface area contributed by atoms with E-state index in [0.717, 1.165) is 12.1 Å². The molecule has 2 heterocycles. The van der Waals surface area contributed by atoms with Crippen LogP contribution >= 0.6 is 0 Å². The molecule has 3 rings (SSSR count). The predicted octanol–water partition coefficient (Wildman–Crippen LogP) is 1.73. The summed E-state index contributed by atoms with van der Waals surface area (Å²) in [4.78, 5) is 32.0. The zero-order valence-corrected chi connectivity index (χ0v) is 14.8. The van der Waals surface area contributed by atoms with Crippen molar-refractivity contribution >= 4 is 17.5 Å². The van der Waals surface area contributed by atoms with E-state index in [9.17, 15) is 19.3 Å². The molecule has 1 N–H and O–H groups in total. The lowest BCUT2D eigenvalue weighted by molar-refractivity contribution is -0.387. The molecule has 1 unspecified atom stereocenters. The highest BCUT2D eigenvalue weighted by Crippen LogP contribution is 2.22. The maximum absolute atomic E-state index is 13.8. The fourth-order valence-corrected chi connectivity index (χ4v) is 2.88. The molecule has 1 aliphatic rings. The van der Waals surface area contributed by atoms with Gasteiger partial charge >= 0.3 is 5.69 Å². The first-order valence-corrected chi connectivity index (χ1v) is 8.23. The van der Waals surface area contributed by atoms with E-state index >= 15 is 0 Å². The number of hydrogen-bond acceptors (Lipinski definition) is 8. The molecular weight excluding hydrogens is 371 g/mol. The van der Waals surface area contributed by atoms with Crippen LogP contribution in [0, 0.1) is 27.3 Å². The summed E-state index contributed by atoms with van der Waals surface area (Å²) in [6.07, 6.45) is 1.94. The number of nitro benzene ring substituents is 1. The molecule has 1 amide bonds. The number of nitriles is 1. The fraction of sp³-hybridized carbons (Fsp3) is 0.294. The molecule has 0 aliphatic carbocycles. The minimum Gasteiger partial charge on any atom is -0.480 e. The van der Waals surface area contributed by atoms with Gasteiger partial charge in [-0.3, -0.25) is 14.9 Å². The van der Waals surface area contributed by atoms with Gasteiger partial charge in [-0.25, -0.2) is 4.98 Å². The highest BCUT2D eigenvalue weighted by molar-refractivity contribution is 5.94. The van der Waals surface area contributed by atoms with Crippen LogP contribution < -0.4 is 10.1 Å². The number of carbonyl (C=O) groups is 1. The summed E-state index contributed by atoms with van der Waals surface area (Å²) in [5.74, 6) is -1.07. The van der Waals surface area contributed by atoms with Gasteiger partial charge in [-0.15, -0.1) is 0 Å². The third kappa shape index (κ3) is 3.80. The second-order valence-electron chi connectivity index (χ2n) is 6.03. The number of aromatic nitrogens is 2. The van der Waals surface area contributed by atoms with Crippen molar-refractivity contribution in [3.05, 3.63) is 51.5 Å². The normalized spacial score (nSPS) is 15.8. The molecule has 1 saturated heterocycles. The number of likely N-dealkylation sites (tertiary alicyclic amines) is 1. The summed E-state index contributed by atoms with van der Waals surface area (Å²) < 4.78 is 18.8. The van der Waals surface area contributed by atoms with Gasteiger partial charge < -0.3 is 15.0 Å². The Kier molecular flexibility index (Phi) is 5.30. The van der Waals surface area contributed by atoms with Crippen molar-refractivity contribution in [1.29, 1.82) is 5.26 Å². The number of rotatable bonds is 5. The number of halogens is 1. The fourth-order valence-electron chi connectivity index (χ4n) is 2.88. The van der Waals surface area contributed by atoms with Gasteiger partial charge in [0.1, 0.15) is 11.6 Å². The zero-order valence-electron chi connectivity index (χ0n) is 14.8. The summed E-state index contributed by atoms with van der Waals surface area (Å²) in [5.41, 5.74) is -0.430. The summed E-state index contributed by atoms with van der Waals surface area (Å²) in [6, 6.07) is 4.85. The first kappa shape index (κ1) is 19.0. The number of methoxy groups -OCH3 is 1. The quantitative estimate of drug-likeness (QED) is 0.606. The van der Waals surface area contributed by atoms with Crippen LogP contribution in [0.2, 0.25) is 0 Å². The number of nitrogens with one attached hydrogen (secondary N) is 1. The number of anilines is 1. The van der Waals surface area contributed by atoms with Gasteiger partial charge in [0.25, 0.3) is 5.91 Å². The summed E-state index contributed by atoms with van der Waals surface area (Å²) in [7, 11) is 1.40. The summed E-state index contributed by atoms with van der Waals surface area (Å²) in [5, 5.41) is 22.7. The SMILES string of the molecule is COc1nc(NC2CCN(C(=O)c3ccc([N+](=O)[O-])c(F)c3)C2)ncc1C#N. The van der Waals surface area contributed by atoms with E-state index in [2.05, 4.69) is 15.3 Å². The van der Waals surface area contributed by atoms with Crippen molar-refractivity contribution < 1.29 is 18.8 Å². The van der Waals surface area contributed by atoms with Crippen molar-refractivity contribution in [2.45, 2.75) is 12.5 Å². The molecule has 0 radical (unpaired) electrons. The molecule has 0 saturated carbocycles. The molecule has 2 aromatic rings. The van der Waals surface area contributed by atoms with Crippen molar-refractivity contribution in [3.63, 3.8) is 0 Å². The number of ether oxygens (including phenoxy) is 1. The molecule has 28 heavy (non-hydrogen) atoms. The van der Waals surface area contributed by atoms with E-state index in [-0.39, 0.29) is 29.0 Å². The van der Waals surface area contributed by atoms with Gasteiger partial charge in [-0.1, -0.05) is 0 Å². The zero-order chi connectivity index (χ0) is 20.3. The van der Waals surface area contributed by atoms with Crippen LogP contribution in [-0.2, 0) is 0 Å². The third-order valence-electron chi connectivity index (χ3n) is 4.27. The van der Waals surface area contributed by atoms with Gasteiger partial charge in [-0.05, 0) is 18.6 Å². The minimum atomic E-state index is -1.05. The van der Waals surface area contributed by atoms with Gasteiger partial charge in [0.15, 0.2) is 0 Å². The highest BCUT2D eigenvalue weighted by Gasteiger charge is 2.28. The first-order valence-electron chi connectivity index (χ1n) is 8.23. The number of amides is 1. The Morgan fingerprint density at radius 3 is 2.96 bits per heavy atom. The van der Waals surface area contributed by atoms with E-state index in [4.69, 9.17) is 10.00 Å². The molecule has 1 atom stereocenters. The number of benzene rings is 1. The van der Waals surface area contributed by atoms with Crippen LogP contribution in [-0.4, -0.2) is 51.9 Å². The average molecular weight is 386 g/mol. The first-order chi connectivity index (χ1) is 13.4. The van der Waals surface area contributed by atoms with Crippen molar-refractivity contribution in [3.8, 4) is 11.9 Å². The molecule has 1 aromatic heterocycles. The Hall–Kier alpha value is -3.81. The Balaban J connectivity index is 1.67. The monoisotopic (exact) mass is 386 g/mol. The third-order valence-corrected chi connectivity index (χ3v) is 4.27. The molecular formula is C17H15FN6O4. The Morgan fingerprint density at radius 1 is 1.54 bits per heavy atom. The molecule has 11 heteroatoms. The van der Waals surface area contributed by atoms with E-state index in [1.165, 1.54) is 24.3 Å². The largest absolute Gasteiger partial charge is 0.480 e. The van der Waals surface area contributed by atoms with Crippen molar-refractivity contribution in [2.75, 3.05) is 25.5 Å². The Bertz CT molecular complexity index is 977. The minimum absolute atomic E-state index is 0.0417. The van der Waals surface area contributed by atoms with E-state index in [1.54, 1.807) is 0 Å². The van der Waals surface area contributed by atoms with Gasteiger partial charge in [0.2, 0.25) is 17.6 Å². The molecule has 1 fully saturated rings. The molecule has 144 valence electrons. The molecule has 1 aromatic carbocycles. The second kappa shape index (κ2) is 7.83. The van der Waals surface area contributed by atoms with Crippen LogP contribution in [0.15, 0.2) is 24.4 Å². The van der Waals surface area contributed by atoms with Gasteiger partial charge in [0, 0.05) is 30.8 Å². The lowest BCUT2D eigenvalue weighted by Crippen LogP contribution is -2.32. The van der Waals surface area contributed by atoms with E-state index in [1.807, 2.05) is 6.07 Å². The Morgan fingerprint density at radius 2 is 2.32 bits per heavy atom. The molecule has 0 spiro atoms. The van der Waals surface area contributed by atoms with E-state index in [0.29, 0.717) is 19.5 Å². The van der Waals surface area contributed by atoms with Gasteiger partial charge in [-0.2, -0.15) is 14.6 Å². The van der Waals surface area contributed by atoms with Crippen molar-refractivity contribution in [1.82, 2.24) is 14.9 Å². The number of carbonyl (C=O) groups excluding carboxylic acids is 1. The molecule has 1 aliphatic heterocycles. The second-order valence-corrected chi connectivity index (χ2v) is 6.03. The summed E-state index contributed by atoms with van der Waals surface area (Å²) in [6.45, 7) is 0.742. The predicted molar refractivity (Wildman–Crippen MR) is 94.3 cm³/mol. The van der Waals surface area contributed by atoms with Crippen molar-refractivity contribution in [2.24, 2.45) is 0 Å². The van der Waals surface area contributed by atoms with Crippen LogP contribution in [0.3, 0.4) is 0 Å². The van der Waals surface area contributed by atoms with Crippen LogP contribution in [0.25, 0.3) is 0 Å². The maximum atomic E-state index is 13.8. The number of nitro groups is 1. The van der Waals surface area contributed by atoms with Crippen LogP contribution in [0.4, 0.5) is 16.0 Å². The van der Waals surface area contributed by atoms with Crippen LogP contribution in [0.1, 0.15) is 22.3 Å². The highest BCUT2D eigenvalue weighted by atomic mass is 19.1. The topological polar surface area (TPSA) is 134 Å². The maximum Gasteiger partial charge on any atom is 0.304 e. The molecule has 10 nitrogen and oxygen atoms in total. The molecule has 0 bridgehead atoms. The smallest absolute Gasteiger partial charge is 0.304 e. The lowest BCUT2D eigenvalue weighted by atomic mass is 10.1. The standard InChI is InChI=1S/C17H15FN6O4/c1-28-15-11(7-19)8-20-17(22-15)21-12-4-5-23(9-12)16(25)10-2-3-14(24(26)27)13(18)6-10/h2-3,6,8,12H,4-5,9H2,1H3,(H,20,21,22). The van der Waals surface area contributed by atoms with Crippen LogP contribution in [0.5, 0.6) is 5.88 Å². The van der Waals surface area contributed by atoms with E-state index < -0.39 is 22.3 Å².